The lowest BCUT2D eigenvalue weighted by molar-refractivity contribution is -0.136. The first kappa shape index (κ1) is 18.5. The van der Waals surface area contributed by atoms with Gasteiger partial charge in [-0.25, -0.2) is 0 Å². The van der Waals surface area contributed by atoms with Crippen LogP contribution in [-0.4, -0.2) is 30.0 Å². The minimum absolute atomic E-state index is 0.0221. The van der Waals surface area contributed by atoms with Crippen LogP contribution in [0.15, 0.2) is 54.7 Å². The van der Waals surface area contributed by atoms with Gasteiger partial charge < -0.3 is 25.3 Å². The zero-order chi connectivity index (χ0) is 19.6. The van der Waals surface area contributed by atoms with Crippen LogP contribution in [0.2, 0.25) is 0 Å². The molecule has 4 rings (SSSR count). The first-order chi connectivity index (χ1) is 13.5. The molecule has 1 aromatic heterocycles. The fourth-order valence-corrected chi connectivity index (χ4v) is 3.30. The molecule has 6 heteroatoms. The molecule has 0 saturated carbocycles. The van der Waals surface area contributed by atoms with Crippen molar-refractivity contribution >= 4 is 22.3 Å². The largest absolute Gasteiger partial charge is 0.489 e. The Bertz CT molecular complexity index is 960. The van der Waals surface area contributed by atoms with Crippen molar-refractivity contribution in [2.24, 2.45) is 0 Å². The summed E-state index contributed by atoms with van der Waals surface area (Å²) in [4.78, 5) is 4.46. The minimum Gasteiger partial charge on any atom is -0.489 e. The lowest BCUT2D eigenvalue weighted by Gasteiger charge is -2.18. The van der Waals surface area contributed by atoms with Crippen molar-refractivity contribution in [1.82, 2.24) is 4.98 Å². The van der Waals surface area contributed by atoms with Crippen LogP contribution < -0.4 is 15.8 Å². The standard InChI is InChI=1S/C22H25N3O3/c1-22(2)27-14-17(28-22)11-25-21-18-9-8-16(10-20(18)24-12-19(21)23)26-13-15-6-4-3-5-7-15/h3-10,12,17H,11,13-14,23H2,1-2H3,(H,24,25). The molecule has 3 aromatic rings. The number of anilines is 2. The topological polar surface area (TPSA) is 78.6 Å². The van der Waals surface area contributed by atoms with E-state index in [2.05, 4.69) is 10.3 Å². The van der Waals surface area contributed by atoms with Crippen molar-refractivity contribution < 1.29 is 14.2 Å². The van der Waals surface area contributed by atoms with Crippen LogP contribution in [-0.2, 0) is 16.1 Å². The molecule has 0 aliphatic carbocycles. The van der Waals surface area contributed by atoms with E-state index in [-0.39, 0.29) is 6.10 Å². The van der Waals surface area contributed by atoms with Gasteiger partial charge >= 0.3 is 0 Å². The first-order valence-electron chi connectivity index (χ1n) is 9.41. The van der Waals surface area contributed by atoms with E-state index in [4.69, 9.17) is 19.9 Å². The van der Waals surface area contributed by atoms with E-state index in [9.17, 15) is 0 Å². The molecule has 1 atom stereocenters. The van der Waals surface area contributed by atoms with Crippen molar-refractivity contribution in [3.8, 4) is 5.75 Å². The highest BCUT2D eigenvalue weighted by atomic mass is 16.7. The number of nitrogens with one attached hydrogen (secondary N) is 1. The van der Waals surface area contributed by atoms with E-state index in [1.807, 2.05) is 62.4 Å². The lowest BCUT2D eigenvalue weighted by atomic mass is 10.1. The Morgan fingerprint density at radius 3 is 2.79 bits per heavy atom. The molecule has 0 radical (unpaired) electrons. The Morgan fingerprint density at radius 1 is 1.21 bits per heavy atom. The number of benzene rings is 2. The maximum Gasteiger partial charge on any atom is 0.163 e. The van der Waals surface area contributed by atoms with Crippen molar-refractivity contribution in [1.29, 1.82) is 0 Å². The molecular formula is C22H25N3O3. The van der Waals surface area contributed by atoms with Crippen LogP contribution in [0.5, 0.6) is 5.75 Å². The third-order valence-corrected chi connectivity index (χ3v) is 4.69. The Balaban J connectivity index is 1.48. The minimum atomic E-state index is -0.538. The van der Waals surface area contributed by atoms with Crippen molar-refractivity contribution in [3.05, 3.63) is 60.3 Å². The summed E-state index contributed by atoms with van der Waals surface area (Å²) in [6, 6.07) is 15.9. The normalized spacial score (nSPS) is 18.3. The summed E-state index contributed by atoms with van der Waals surface area (Å²) in [5.41, 5.74) is 9.57. The molecule has 1 saturated heterocycles. The molecule has 0 spiro atoms. The van der Waals surface area contributed by atoms with Crippen molar-refractivity contribution in [3.63, 3.8) is 0 Å². The fourth-order valence-electron chi connectivity index (χ4n) is 3.30. The van der Waals surface area contributed by atoms with Crippen LogP contribution in [0.3, 0.4) is 0 Å². The number of nitrogens with zero attached hydrogens (tertiary/aromatic N) is 1. The van der Waals surface area contributed by atoms with Gasteiger partial charge in [0.05, 0.1) is 29.7 Å². The number of rotatable bonds is 6. The molecular weight excluding hydrogens is 354 g/mol. The number of pyridine rings is 1. The van der Waals surface area contributed by atoms with Gasteiger partial charge in [0.25, 0.3) is 0 Å². The highest BCUT2D eigenvalue weighted by Gasteiger charge is 2.32. The van der Waals surface area contributed by atoms with E-state index in [0.717, 1.165) is 27.9 Å². The second-order valence-corrected chi connectivity index (χ2v) is 7.37. The molecule has 0 amide bonds. The Kier molecular flexibility index (Phi) is 5.07. The van der Waals surface area contributed by atoms with Gasteiger partial charge in [0, 0.05) is 18.0 Å². The number of aromatic nitrogens is 1. The summed E-state index contributed by atoms with van der Waals surface area (Å²) in [6.45, 7) is 5.51. The molecule has 1 aliphatic rings. The van der Waals surface area contributed by atoms with E-state index < -0.39 is 5.79 Å². The number of fused-ring (bicyclic) bond motifs is 1. The van der Waals surface area contributed by atoms with Gasteiger partial charge in [-0.05, 0) is 31.5 Å². The van der Waals surface area contributed by atoms with Gasteiger partial charge in [-0.1, -0.05) is 30.3 Å². The number of nitrogens with two attached hydrogens (primary N) is 1. The molecule has 1 aliphatic heterocycles. The summed E-state index contributed by atoms with van der Waals surface area (Å²) in [5, 5.41) is 4.35. The summed E-state index contributed by atoms with van der Waals surface area (Å²) in [7, 11) is 0. The molecule has 0 bridgehead atoms. The van der Waals surface area contributed by atoms with Crippen LogP contribution in [0.25, 0.3) is 10.9 Å². The Morgan fingerprint density at radius 2 is 2.04 bits per heavy atom. The molecule has 3 N–H and O–H groups in total. The number of hydrogen-bond donors (Lipinski definition) is 2. The van der Waals surface area contributed by atoms with E-state index in [1.165, 1.54) is 0 Å². The Labute approximate surface area is 164 Å². The van der Waals surface area contributed by atoms with Crippen LogP contribution in [0.4, 0.5) is 11.4 Å². The van der Waals surface area contributed by atoms with Crippen LogP contribution >= 0.6 is 0 Å². The maximum atomic E-state index is 6.17. The molecule has 28 heavy (non-hydrogen) atoms. The predicted octanol–water partition coefficient (Wildman–Crippen LogP) is 3.96. The zero-order valence-electron chi connectivity index (χ0n) is 16.1. The van der Waals surface area contributed by atoms with Gasteiger partial charge in [-0.15, -0.1) is 0 Å². The number of hydrogen-bond acceptors (Lipinski definition) is 6. The zero-order valence-corrected chi connectivity index (χ0v) is 16.1. The maximum absolute atomic E-state index is 6.17. The monoisotopic (exact) mass is 379 g/mol. The van der Waals surface area contributed by atoms with Gasteiger partial charge in [0.2, 0.25) is 0 Å². The van der Waals surface area contributed by atoms with E-state index >= 15 is 0 Å². The summed E-state index contributed by atoms with van der Waals surface area (Å²) < 4.78 is 17.4. The third kappa shape index (κ3) is 4.18. The second-order valence-electron chi connectivity index (χ2n) is 7.37. The van der Waals surface area contributed by atoms with Gasteiger partial charge in [0.1, 0.15) is 18.5 Å². The quantitative estimate of drug-likeness (QED) is 0.675. The molecule has 2 aromatic carbocycles. The molecule has 146 valence electrons. The van der Waals surface area contributed by atoms with Gasteiger partial charge in [-0.2, -0.15) is 0 Å². The highest BCUT2D eigenvalue weighted by Crippen LogP contribution is 2.31. The highest BCUT2D eigenvalue weighted by molar-refractivity contribution is 5.97. The Hall–Kier alpha value is -2.83. The van der Waals surface area contributed by atoms with E-state index in [1.54, 1.807) is 6.20 Å². The SMILES string of the molecule is CC1(C)OCC(CNc2c(N)cnc3cc(OCc4ccccc4)ccc23)O1. The molecule has 2 heterocycles. The van der Waals surface area contributed by atoms with Crippen LogP contribution in [0.1, 0.15) is 19.4 Å². The van der Waals surface area contributed by atoms with Crippen molar-refractivity contribution in [2.45, 2.75) is 32.3 Å². The summed E-state index contributed by atoms with van der Waals surface area (Å²) in [6.07, 6.45) is 1.65. The lowest BCUT2D eigenvalue weighted by Crippen LogP contribution is -2.26. The van der Waals surface area contributed by atoms with Gasteiger partial charge in [-0.3, -0.25) is 4.98 Å². The molecule has 1 unspecified atom stereocenters. The van der Waals surface area contributed by atoms with E-state index in [0.29, 0.717) is 25.4 Å². The molecule has 1 fully saturated rings. The number of nitrogen functional groups attached to an aromatic ring is 1. The fraction of sp³-hybridized carbons (Fsp3) is 0.318. The number of ether oxygens (including phenoxy) is 3. The molecule has 6 nitrogen and oxygen atoms in total. The van der Waals surface area contributed by atoms with Gasteiger partial charge in [0.15, 0.2) is 5.79 Å². The smallest absolute Gasteiger partial charge is 0.163 e. The summed E-state index contributed by atoms with van der Waals surface area (Å²) in [5.74, 6) is 0.234. The average Bonchev–Trinajstić information content (AvgIpc) is 3.05. The average molecular weight is 379 g/mol. The third-order valence-electron chi connectivity index (χ3n) is 4.69. The summed E-state index contributed by atoms with van der Waals surface area (Å²) >= 11 is 0. The first-order valence-corrected chi connectivity index (χ1v) is 9.41. The predicted molar refractivity (Wildman–Crippen MR) is 110 cm³/mol. The van der Waals surface area contributed by atoms with Crippen LogP contribution in [0, 0.1) is 0 Å². The second kappa shape index (κ2) is 7.66. The van der Waals surface area contributed by atoms with Crippen molar-refractivity contribution in [2.75, 3.05) is 24.2 Å².